The lowest BCUT2D eigenvalue weighted by Crippen LogP contribution is -2.60. The van der Waals surface area contributed by atoms with Gasteiger partial charge in [-0.05, 0) is 43.7 Å². The minimum Gasteiger partial charge on any atom is -0.488 e. The summed E-state index contributed by atoms with van der Waals surface area (Å²) in [5.41, 5.74) is 5.62. The van der Waals surface area contributed by atoms with Crippen molar-refractivity contribution < 1.29 is 19.5 Å². The summed E-state index contributed by atoms with van der Waals surface area (Å²) in [4.78, 5) is 34.6. The standard InChI is InChI=1S/C28H30N4O4/c1-18-14-25(22-10-6-7-11-24(22)29-18)36-21-15-23(27(33)30-35)26(31(2)17-21)28(34)32-13-12-20(16-32)19-8-4-3-5-9-19/h3-12,14,21,23,26,35H,13,15-17H2,1-2H3,(H,30,33)/t21?,23?,26-/m0/s1. The van der Waals surface area contributed by atoms with E-state index in [0.29, 0.717) is 31.8 Å². The summed E-state index contributed by atoms with van der Waals surface area (Å²) in [6.07, 6.45) is 2.01. The first-order chi connectivity index (χ1) is 17.4. The van der Waals surface area contributed by atoms with E-state index in [-0.39, 0.29) is 12.0 Å². The lowest BCUT2D eigenvalue weighted by atomic mass is 9.86. The van der Waals surface area contributed by atoms with Crippen LogP contribution in [0.5, 0.6) is 5.75 Å². The number of likely N-dealkylation sites (tertiary alicyclic amines) is 1. The van der Waals surface area contributed by atoms with Crippen LogP contribution >= 0.6 is 0 Å². The molecule has 0 spiro atoms. The van der Waals surface area contributed by atoms with Crippen LogP contribution in [0.25, 0.3) is 16.5 Å². The van der Waals surface area contributed by atoms with Gasteiger partial charge < -0.3 is 9.64 Å². The molecule has 186 valence electrons. The molecule has 2 amide bonds. The number of aryl methyl sites for hydroxylation is 1. The zero-order chi connectivity index (χ0) is 25.2. The fourth-order valence-corrected chi connectivity index (χ4v) is 5.33. The highest BCUT2D eigenvalue weighted by Crippen LogP contribution is 2.32. The van der Waals surface area contributed by atoms with Crippen molar-refractivity contribution in [2.75, 3.05) is 26.7 Å². The molecule has 2 N–H and O–H groups in total. The van der Waals surface area contributed by atoms with Crippen LogP contribution in [-0.2, 0) is 9.59 Å². The molecule has 0 bridgehead atoms. The fourth-order valence-electron chi connectivity index (χ4n) is 5.33. The van der Waals surface area contributed by atoms with Crippen molar-refractivity contribution in [1.82, 2.24) is 20.3 Å². The van der Waals surface area contributed by atoms with E-state index in [1.54, 1.807) is 10.4 Å². The Morgan fingerprint density at radius 3 is 2.64 bits per heavy atom. The maximum absolute atomic E-state index is 13.6. The summed E-state index contributed by atoms with van der Waals surface area (Å²) in [5, 5.41) is 10.4. The number of nitrogens with zero attached hydrogens (tertiary/aromatic N) is 3. The topological polar surface area (TPSA) is 95.0 Å². The monoisotopic (exact) mass is 486 g/mol. The number of piperidine rings is 1. The number of likely N-dealkylation sites (N-methyl/N-ethyl adjacent to an activating group) is 1. The second-order valence-corrected chi connectivity index (χ2v) is 9.54. The summed E-state index contributed by atoms with van der Waals surface area (Å²) in [5.74, 6) is -0.779. The van der Waals surface area contributed by atoms with Crippen molar-refractivity contribution in [3.63, 3.8) is 0 Å². The molecule has 2 unspecified atom stereocenters. The number of carbonyl (C=O) groups is 2. The van der Waals surface area contributed by atoms with Crippen LogP contribution in [0.3, 0.4) is 0 Å². The van der Waals surface area contributed by atoms with Gasteiger partial charge in [0.15, 0.2) is 0 Å². The molecule has 8 heteroatoms. The molecule has 0 radical (unpaired) electrons. The Hall–Kier alpha value is -3.75. The normalized spacial score (nSPS) is 22.4. The van der Waals surface area contributed by atoms with Crippen molar-refractivity contribution in [2.45, 2.75) is 25.5 Å². The number of para-hydroxylation sites is 1. The van der Waals surface area contributed by atoms with Crippen molar-refractivity contribution in [1.29, 1.82) is 0 Å². The molecule has 3 atom stereocenters. The Bertz CT molecular complexity index is 1310. The molecule has 2 aliphatic rings. The lowest BCUT2D eigenvalue weighted by molar-refractivity contribution is -0.150. The fraction of sp³-hybridized carbons (Fsp3) is 0.321. The third-order valence-corrected chi connectivity index (χ3v) is 7.04. The predicted octanol–water partition coefficient (Wildman–Crippen LogP) is 3.04. The Morgan fingerprint density at radius 2 is 1.86 bits per heavy atom. The van der Waals surface area contributed by atoms with Crippen LogP contribution in [0.4, 0.5) is 0 Å². The zero-order valence-electron chi connectivity index (χ0n) is 20.4. The molecule has 1 aromatic heterocycles. The minimum absolute atomic E-state index is 0.128. The highest BCUT2D eigenvalue weighted by atomic mass is 16.5. The molecular weight excluding hydrogens is 456 g/mol. The number of fused-ring (bicyclic) bond motifs is 1. The molecule has 36 heavy (non-hydrogen) atoms. The van der Waals surface area contributed by atoms with Gasteiger partial charge in [-0.1, -0.05) is 48.5 Å². The number of ether oxygens (including phenoxy) is 1. The number of aromatic nitrogens is 1. The number of carbonyl (C=O) groups excluding carboxylic acids is 2. The average Bonchev–Trinajstić information content (AvgIpc) is 3.38. The molecule has 2 aliphatic heterocycles. The Balaban J connectivity index is 1.34. The van der Waals surface area contributed by atoms with Crippen molar-refractivity contribution >= 4 is 28.3 Å². The van der Waals surface area contributed by atoms with E-state index in [9.17, 15) is 14.8 Å². The third-order valence-electron chi connectivity index (χ3n) is 7.04. The molecule has 0 aliphatic carbocycles. The number of nitrogens with one attached hydrogen (secondary N) is 1. The summed E-state index contributed by atoms with van der Waals surface area (Å²) >= 11 is 0. The Kier molecular flexibility index (Phi) is 6.71. The minimum atomic E-state index is -0.763. The van der Waals surface area contributed by atoms with Gasteiger partial charge in [0, 0.05) is 36.8 Å². The van der Waals surface area contributed by atoms with E-state index in [1.165, 1.54) is 0 Å². The quantitative estimate of drug-likeness (QED) is 0.425. The lowest BCUT2D eigenvalue weighted by Gasteiger charge is -2.42. The summed E-state index contributed by atoms with van der Waals surface area (Å²) in [6.45, 7) is 3.36. The van der Waals surface area contributed by atoms with Gasteiger partial charge in [0.2, 0.25) is 11.8 Å². The maximum atomic E-state index is 13.6. The van der Waals surface area contributed by atoms with Crippen molar-refractivity contribution in [2.24, 2.45) is 5.92 Å². The van der Waals surface area contributed by atoms with Crippen molar-refractivity contribution in [3.05, 3.63) is 78.0 Å². The van der Waals surface area contributed by atoms with E-state index in [4.69, 9.17) is 4.74 Å². The molecule has 1 saturated heterocycles. The molecule has 8 nitrogen and oxygen atoms in total. The van der Waals surface area contributed by atoms with E-state index >= 15 is 0 Å². The molecule has 3 heterocycles. The molecule has 2 aromatic carbocycles. The van der Waals surface area contributed by atoms with Crippen LogP contribution in [-0.4, -0.2) is 70.6 Å². The number of hydroxylamine groups is 1. The largest absolute Gasteiger partial charge is 0.488 e. The highest BCUT2D eigenvalue weighted by Gasteiger charge is 2.45. The van der Waals surface area contributed by atoms with Gasteiger partial charge in [-0.2, -0.15) is 0 Å². The highest BCUT2D eigenvalue weighted by molar-refractivity contribution is 5.92. The van der Waals surface area contributed by atoms with Gasteiger partial charge in [-0.3, -0.25) is 24.7 Å². The average molecular weight is 487 g/mol. The second kappa shape index (κ2) is 10.1. The van der Waals surface area contributed by atoms with E-state index in [1.807, 2.05) is 79.5 Å². The Morgan fingerprint density at radius 1 is 1.11 bits per heavy atom. The number of benzene rings is 2. The first-order valence-electron chi connectivity index (χ1n) is 12.1. The number of pyridine rings is 1. The van der Waals surface area contributed by atoms with Crippen LogP contribution in [0.2, 0.25) is 0 Å². The van der Waals surface area contributed by atoms with Crippen LogP contribution in [0, 0.1) is 12.8 Å². The first kappa shape index (κ1) is 24.0. The smallest absolute Gasteiger partial charge is 0.248 e. The van der Waals surface area contributed by atoms with Crippen LogP contribution in [0.1, 0.15) is 17.7 Å². The van der Waals surface area contributed by atoms with Crippen molar-refractivity contribution in [3.8, 4) is 5.75 Å². The molecule has 0 saturated carbocycles. The van der Waals surface area contributed by atoms with E-state index in [2.05, 4.69) is 11.1 Å². The number of hydrogen-bond acceptors (Lipinski definition) is 6. The Labute approximate surface area is 210 Å². The molecule has 1 fully saturated rings. The van der Waals surface area contributed by atoms with Gasteiger partial charge in [0.05, 0.1) is 11.4 Å². The van der Waals surface area contributed by atoms with Crippen LogP contribution in [0.15, 0.2) is 66.7 Å². The summed E-state index contributed by atoms with van der Waals surface area (Å²) in [6, 6.07) is 18.9. The van der Waals surface area contributed by atoms with Gasteiger partial charge in [-0.15, -0.1) is 0 Å². The van der Waals surface area contributed by atoms with E-state index < -0.39 is 17.9 Å². The number of hydrogen-bond donors (Lipinski definition) is 2. The number of amides is 2. The zero-order valence-corrected chi connectivity index (χ0v) is 20.4. The second-order valence-electron chi connectivity index (χ2n) is 9.54. The SMILES string of the molecule is Cc1cc(OC2CC(C(=O)NO)[C@@H](C(=O)N3CC=C(c4ccccc4)C3)N(C)C2)c2ccccc2n1. The third kappa shape index (κ3) is 4.69. The summed E-state index contributed by atoms with van der Waals surface area (Å²) < 4.78 is 6.39. The predicted molar refractivity (Wildman–Crippen MR) is 136 cm³/mol. The van der Waals surface area contributed by atoms with Gasteiger partial charge in [-0.25, -0.2) is 5.48 Å². The first-order valence-corrected chi connectivity index (χ1v) is 12.1. The van der Waals surface area contributed by atoms with Gasteiger partial charge >= 0.3 is 0 Å². The van der Waals surface area contributed by atoms with Gasteiger partial charge in [0.25, 0.3) is 0 Å². The van der Waals surface area contributed by atoms with Gasteiger partial charge in [0.1, 0.15) is 17.9 Å². The number of rotatable bonds is 5. The van der Waals surface area contributed by atoms with E-state index in [0.717, 1.165) is 27.7 Å². The maximum Gasteiger partial charge on any atom is 0.248 e. The van der Waals surface area contributed by atoms with Crippen LogP contribution < -0.4 is 10.2 Å². The molecule has 3 aromatic rings. The molecular formula is C28H30N4O4. The molecule has 5 rings (SSSR count). The summed E-state index contributed by atoms with van der Waals surface area (Å²) in [7, 11) is 1.83.